The summed E-state index contributed by atoms with van der Waals surface area (Å²) in [6.07, 6.45) is -6.56. The van der Waals surface area contributed by atoms with E-state index in [1.165, 1.54) is 30.3 Å². The van der Waals surface area contributed by atoms with Crippen LogP contribution in [0, 0.1) is 0 Å². The van der Waals surface area contributed by atoms with Gasteiger partial charge in [-0.25, -0.2) is 0 Å². The molecule has 0 spiro atoms. The lowest BCUT2D eigenvalue weighted by Crippen LogP contribution is -2.66. The molecule has 1 fully saturated rings. The lowest BCUT2D eigenvalue weighted by Gasteiger charge is -2.48. The van der Waals surface area contributed by atoms with Gasteiger partial charge in [0.1, 0.15) is 18.5 Å². The number of carbonyl (C=O) groups is 4. The second kappa shape index (κ2) is 14.2. The highest BCUT2D eigenvalue weighted by Crippen LogP contribution is 2.42. The highest BCUT2D eigenvalue weighted by atomic mass is 35.5. The van der Waals surface area contributed by atoms with E-state index < -0.39 is 82.1 Å². The van der Waals surface area contributed by atoms with Crippen LogP contribution in [0.1, 0.15) is 44.4 Å². The summed E-state index contributed by atoms with van der Waals surface area (Å²) >= 11 is 6.39. The van der Waals surface area contributed by atoms with Gasteiger partial charge in [-0.3, -0.25) is 19.2 Å². The number of hydrogen-bond donors (Lipinski definition) is 1. The molecule has 46 heavy (non-hydrogen) atoms. The lowest BCUT2D eigenvalue weighted by atomic mass is 9.86. The van der Waals surface area contributed by atoms with Crippen LogP contribution in [0.2, 0.25) is 5.02 Å². The quantitative estimate of drug-likeness (QED) is 0.166. The molecule has 3 rings (SSSR count). The molecule has 1 aliphatic heterocycles. The minimum Gasteiger partial charge on any atom is -0.463 e. The molecule has 0 aromatic heterocycles. The maximum absolute atomic E-state index is 12.7. The maximum atomic E-state index is 12.7. The Balaban J connectivity index is 2.06. The van der Waals surface area contributed by atoms with Crippen LogP contribution in [0.25, 0.3) is 0 Å². The minimum atomic E-state index is -5.89. The van der Waals surface area contributed by atoms with E-state index in [4.69, 9.17) is 35.3 Å². The zero-order valence-electron chi connectivity index (χ0n) is 24.5. The fourth-order valence-corrected chi connectivity index (χ4v) is 5.15. The molecule has 1 N–H and O–H groups in total. The second-order valence-electron chi connectivity index (χ2n) is 9.94. The first kappa shape index (κ1) is 36.5. The van der Waals surface area contributed by atoms with Crippen molar-refractivity contribution in [3.8, 4) is 5.75 Å². The zero-order valence-corrected chi connectivity index (χ0v) is 26.1. The Bertz CT molecular complexity index is 1580. The van der Waals surface area contributed by atoms with E-state index in [0.29, 0.717) is 5.56 Å². The smallest absolute Gasteiger partial charge is 0.463 e. The predicted octanol–water partition coefficient (Wildman–Crippen LogP) is 3.06. The third-order valence-electron chi connectivity index (χ3n) is 6.32. The Morgan fingerprint density at radius 2 is 1.46 bits per heavy atom. The molecule has 2 aromatic carbocycles. The molecule has 0 bridgehead atoms. The summed E-state index contributed by atoms with van der Waals surface area (Å²) in [5.41, 5.74) is -5.04. The van der Waals surface area contributed by atoms with Gasteiger partial charge in [0.05, 0.1) is 0 Å². The standard InChI is InChI=1S/C28H28ClF3O13S/c1-14(33)40-13-23-24(41-15(2)34)25(42-16(3)35)26(43-17(4)36)27(37,44-23)20-7-10-22(29)19(12-20)11-18-5-8-21(9-6-18)45-46(38,39)28(30,31)32/h5-10,12,23-26,37H,11,13H2,1-4H3/t23-,24-,25+,26-,27-/m1/s1. The first-order valence-electron chi connectivity index (χ1n) is 13.2. The maximum Gasteiger partial charge on any atom is 0.534 e. The monoisotopic (exact) mass is 696 g/mol. The van der Waals surface area contributed by atoms with E-state index in [9.17, 15) is 45.9 Å². The number of halogens is 4. The molecule has 1 aliphatic rings. The second-order valence-corrected chi connectivity index (χ2v) is 11.9. The Hall–Kier alpha value is -3.93. The molecule has 252 valence electrons. The largest absolute Gasteiger partial charge is 0.534 e. The molecule has 13 nitrogen and oxygen atoms in total. The Labute approximate surface area is 265 Å². The molecule has 2 aromatic rings. The van der Waals surface area contributed by atoms with Gasteiger partial charge in [-0.2, -0.15) is 21.6 Å². The van der Waals surface area contributed by atoms with Gasteiger partial charge < -0.3 is 33.0 Å². The molecule has 1 heterocycles. The number of benzene rings is 2. The Kier molecular flexibility index (Phi) is 11.3. The average molecular weight is 697 g/mol. The van der Waals surface area contributed by atoms with Crippen molar-refractivity contribution in [2.75, 3.05) is 6.61 Å². The van der Waals surface area contributed by atoms with Gasteiger partial charge in [0, 0.05) is 38.3 Å². The summed E-state index contributed by atoms with van der Waals surface area (Å²) in [5.74, 6) is -6.74. The van der Waals surface area contributed by atoms with E-state index in [1.807, 2.05) is 0 Å². The molecule has 18 heteroatoms. The van der Waals surface area contributed by atoms with E-state index in [2.05, 4.69) is 4.18 Å². The highest BCUT2D eigenvalue weighted by Gasteiger charge is 2.60. The summed E-state index contributed by atoms with van der Waals surface area (Å²) in [5, 5.41) is 12.2. The number of esters is 4. The van der Waals surface area contributed by atoms with Gasteiger partial charge in [-0.05, 0) is 41.8 Å². The van der Waals surface area contributed by atoms with E-state index in [0.717, 1.165) is 39.8 Å². The predicted molar refractivity (Wildman–Crippen MR) is 148 cm³/mol. The number of rotatable bonds is 10. The first-order chi connectivity index (χ1) is 21.2. The van der Waals surface area contributed by atoms with Crippen LogP contribution in [0.4, 0.5) is 13.2 Å². The zero-order chi connectivity index (χ0) is 34.6. The van der Waals surface area contributed by atoms with E-state index in [1.54, 1.807) is 0 Å². The summed E-state index contributed by atoms with van der Waals surface area (Å²) in [4.78, 5) is 47.9. The van der Waals surface area contributed by atoms with Crippen LogP contribution in [0.3, 0.4) is 0 Å². The molecule has 0 radical (unpaired) electrons. The highest BCUT2D eigenvalue weighted by molar-refractivity contribution is 7.88. The number of aliphatic hydroxyl groups is 1. The van der Waals surface area contributed by atoms with Crippen LogP contribution in [-0.4, -0.2) is 73.9 Å². The number of carbonyl (C=O) groups excluding carboxylic acids is 4. The number of alkyl halides is 3. The molecular weight excluding hydrogens is 669 g/mol. The SMILES string of the molecule is CC(=O)OC[C@H]1O[C@](O)(c2ccc(Cl)c(Cc3ccc(OS(=O)(=O)C(F)(F)F)cc3)c2)[C@H](OC(C)=O)[C@@H](OC(C)=O)[C@@H]1OC(C)=O. The van der Waals surface area contributed by atoms with Crippen molar-refractivity contribution in [2.45, 2.75) is 69.8 Å². The van der Waals surface area contributed by atoms with Crippen molar-refractivity contribution in [3.63, 3.8) is 0 Å². The summed E-state index contributed by atoms with van der Waals surface area (Å²) in [7, 11) is -5.89. The third kappa shape index (κ3) is 8.86. The van der Waals surface area contributed by atoms with Gasteiger partial charge in [-0.15, -0.1) is 0 Å². The first-order valence-corrected chi connectivity index (χ1v) is 15.0. The van der Waals surface area contributed by atoms with Gasteiger partial charge >= 0.3 is 39.5 Å². The van der Waals surface area contributed by atoms with Crippen molar-refractivity contribution >= 4 is 45.6 Å². The number of ether oxygens (including phenoxy) is 5. The van der Waals surface area contributed by atoms with Crippen LogP contribution >= 0.6 is 11.6 Å². The van der Waals surface area contributed by atoms with Crippen molar-refractivity contribution in [2.24, 2.45) is 0 Å². The minimum absolute atomic E-state index is 0.0341. The molecular formula is C28H28ClF3O13S. The van der Waals surface area contributed by atoms with Gasteiger partial charge in [0.2, 0.25) is 11.9 Å². The normalized spacial score (nSPS) is 23.2. The van der Waals surface area contributed by atoms with E-state index >= 15 is 0 Å². The van der Waals surface area contributed by atoms with Crippen LogP contribution < -0.4 is 4.18 Å². The average Bonchev–Trinajstić information content (AvgIpc) is 2.92. The Morgan fingerprint density at radius 1 is 0.891 bits per heavy atom. The molecule has 5 atom stereocenters. The van der Waals surface area contributed by atoms with Gasteiger partial charge in [0.25, 0.3) is 0 Å². The lowest BCUT2D eigenvalue weighted by molar-refractivity contribution is -0.360. The van der Waals surface area contributed by atoms with Crippen molar-refractivity contribution < 1.29 is 73.7 Å². The summed E-state index contributed by atoms with van der Waals surface area (Å²) in [6, 6.07) is 8.48. The van der Waals surface area contributed by atoms with Crippen LogP contribution in [-0.2, 0) is 65.2 Å². The molecule has 1 saturated heterocycles. The molecule has 0 amide bonds. The third-order valence-corrected chi connectivity index (χ3v) is 7.67. The number of hydrogen-bond acceptors (Lipinski definition) is 13. The van der Waals surface area contributed by atoms with Crippen molar-refractivity contribution in [3.05, 3.63) is 64.2 Å². The summed E-state index contributed by atoms with van der Waals surface area (Å²) in [6.45, 7) is 3.53. The summed E-state index contributed by atoms with van der Waals surface area (Å²) < 4.78 is 91.6. The van der Waals surface area contributed by atoms with Crippen molar-refractivity contribution in [1.29, 1.82) is 0 Å². The molecule has 0 saturated carbocycles. The fourth-order valence-electron chi connectivity index (χ4n) is 4.50. The van der Waals surface area contributed by atoms with Gasteiger partial charge in [0.15, 0.2) is 12.2 Å². The Morgan fingerprint density at radius 3 is 1.98 bits per heavy atom. The fraction of sp³-hybridized carbons (Fsp3) is 0.429. The van der Waals surface area contributed by atoms with Gasteiger partial charge in [-0.1, -0.05) is 29.8 Å². The van der Waals surface area contributed by atoms with Crippen molar-refractivity contribution in [1.82, 2.24) is 0 Å². The van der Waals surface area contributed by atoms with Crippen LogP contribution in [0.15, 0.2) is 42.5 Å². The van der Waals surface area contributed by atoms with E-state index in [-0.39, 0.29) is 22.6 Å². The van der Waals surface area contributed by atoms with Crippen LogP contribution in [0.5, 0.6) is 5.75 Å². The molecule has 0 unspecified atom stereocenters. The molecule has 0 aliphatic carbocycles. The topological polar surface area (TPSA) is 178 Å².